The molecule has 118 valence electrons. The Hall–Kier alpha value is -2.43. The molecule has 0 spiro atoms. The van der Waals surface area contributed by atoms with Crippen LogP contribution in [0, 0.1) is 12.8 Å². The van der Waals surface area contributed by atoms with Crippen molar-refractivity contribution in [2.24, 2.45) is 5.92 Å². The molecule has 1 aliphatic heterocycles. The first kappa shape index (κ1) is 14.2. The van der Waals surface area contributed by atoms with Crippen LogP contribution in [-0.2, 0) is 17.8 Å². The van der Waals surface area contributed by atoms with Crippen molar-refractivity contribution in [1.29, 1.82) is 0 Å². The van der Waals surface area contributed by atoms with E-state index in [0.29, 0.717) is 6.54 Å². The maximum Gasteiger partial charge on any atom is 0.225 e. The molecule has 5 heteroatoms. The molecule has 1 aromatic heterocycles. The standard InChI is InChI=1S/C18H19N3O2/c1-11-19-16-8-9-21(18(23)13-2-3-13)10-15(16)17(20-11)12-4-6-14(22)7-5-12/h4-7,13,22H,2-3,8-10H2,1H3. The Labute approximate surface area is 135 Å². The highest BCUT2D eigenvalue weighted by Crippen LogP contribution is 2.34. The molecule has 23 heavy (non-hydrogen) atoms. The lowest BCUT2D eigenvalue weighted by molar-refractivity contribution is -0.133. The van der Waals surface area contributed by atoms with Crippen LogP contribution >= 0.6 is 0 Å². The maximum absolute atomic E-state index is 12.4. The Bertz CT molecular complexity index is 767. The van der Waals surface area contributed by atoms with Crippen LogP contribution in [0.15, 0.2) is 24.3 Å². The van der Waals surface area contributed by atoms with Crippen LogP contribution in [0.5, 0.6) is 5.75 Å². The first-order chi connectivity index (χ1) is 11.1. The van der Waals surface area contributed by atoms with E-state index >= 15 is 0 Å². The number of hydrogen-bond acceptors (Lipinski definition) is 4. The topological polar surface area (TPSA) is 66.3 Å². The van der Waals surface area contributed by atoms with Crippen molar-refractivity contribution in [3.05, 3.63) is 41.3 Å². The van der Waals surface area contributed by atoms with Crippen molar-refractivity contribution in [1.82, 2.24) is 14.9 Å². The molecule has 1 saturated carbocycles. The first-order valence-electron chi connectivity index (χ1n) is 8.06. The summed E-state index contributed by atoms with van der Waals surface area (Å²) < 4.78 is 0. The van der Waals surface area contributed by atoms with Crippen molar-refractivity contribution in [3.63, 3.8) is 0 Å². The Morgan fingerprint density at radius 1 is 1.22 bits per heavy atom. The minimum atomic E-state index is 0.235. The smallest absolute Gasteiger partial charge is 0.225 e. The lowest BCUT2D eigenvalue weighted by Gasteiger charge is -2.29. The summed E-state index contributed by atoms with van der Waals surface area (Å²) in [5.41, 5.74) is 3.91. The summed E-state index contributed by atoms with van der Waals surface area (Å²) in [5, 5.41) is 9.49. The van der Waals surface area contributed by atoms with Gasteiger partial charge in [-0.05, 0) is 44.0 Å². The molecule has 0 radical (unpaired) electrons. The van der Waals surface area contributed by atoms with Gasteiger partial charge in [0.25, 0.3) is 0 Å². The molecular formula is C18H19N3O2. The van der Waals surface area contributed by atoms with Gasteiger partial charge in [0.2, 0.25) is 5.91 Å². The van der Waals surface area contributed by atoms with Crippen LogP contribution in [0.25, 0.3) is 11.3 Å². The molecule has 0 saturated heterocycles. The summed E-state index contributed by atoms with van der Waals surface area (Å²) in [6, 6.07) is 7.04. The number of nitrogens with zero attached hydrogens (tertiary/aromatic N) is 3. The van der Waals surface area contributed by atoms with Crippen LogP contribution < -0.4 is 0 Å². The van der Waals surface area contributed by atoms with Crippen molar-refractivity contribution in [3.8, 4) is 17.0 Å². The van der Waals surface area contributed by atoms with E-state index in [9.17, 15) is 9.90 Å². The molecule has 1 aliphatic carbocycles. The molecule has 4 rings (SSSR count). The fraction of sp³-hybridized carbons (Fsp3) is 0.389. The van der Waals surface area contributed by atoms with Crippen LogP contribution in [0.2, 0.25) is 0 Å². The van der Waals surface area contributed by atoms with Crippen molar-refractivity contribution in [2.45, 2.75) is 32.7 Å². The molecule has 2 aliphatic rings. The number of rotatable bonds is 2. The number of aromatic hydroxyl groups is 1. The minimum absolute atomic E-state index is 0.235. The highest BCUT2D eigenvalue weighted by molar-refractivity contribution is 5.81. The SMILES string of the molecule is Cc1nc2c(c(-c3ccc(O)cc3)n1)CN(C(=O)C1CC1)CC2. The Morgan fingerprint density at radius 2 is 1.96 bits per heavy atom. The second kappa shape index (κ2) is 5.33. The summed E-state index contributed by atoms with van der Waals surface area (Å²) in [6.07, 6.45) is 2.83. The summed E-state index contributed by atoms with van der Waals surface area (Å²) >= 11 is 0. The third-order valence-electron chi connectivity index (χ3n) is 4.55. The number of phenolic OH excluding ortho intramolecular Hbond substituents is 1. The number of aryl methyl sites for hydroxylation is 1. The Balaban J connectivity index is 1.74. The molecule has 1 N–H and O–H groups in total. The highest BCUT2D eigenvalue weighted by atomic mass is 16.3. The van der Waals surface area contributed by atoms with Gasteiger partial charge in [0.1, 0.15) is 11.6 Å². The normalized spacial score (nSPS) is 17.0. The molecule has 0 unspecified atom stereocenters. The van der Waals surface area contributed by atoms with E-state index < -0.39 is 0 Å². The van der Waals surface area contributed by atoms with Gasteiger partial charge in [0, 0.05) is 36.6 Å². The largest absolute Gasteiger partial charge is 0.508 e. The van der Waals surface area contributed by atoms with E-state index in [2.05, 4.69) is 9.97 Å². The summed E-state index contributed by atoms with van der Waals surface area (Å²) in [5.74, 6) is 1.49. The van der Waals surface area contributed by atoms with Gasteiger partial charge in [-0.1, -0.05) is 0 Å². The number of hydrogen-bond donors (Lipinski definition) is 1. The second-order valence-electron chi connectivity index (χ2n) is 6.38. The van der Waals surface area contributed by atoms with Crippen LogP contribution in [0.4, 0.5) is 0 Å². The first-order valence-corrected chi connectivity index (χ1v) is 8.06. The molecule has 2 aromatic rings. The van der Waals surface area contributed by atoms with E-state index in [0.717, 1.165) is 54.1 Å². The summed E-state index contributed by atoms with van der Waals surface area (Å²) in [6.45, 7) is 3.22. The zero-order valence-corrected chi connectivity index (χ0v) is 13.1. The molecule has 1 aromatic carbocycles. The number of aromatic nitrogens is 2. The fourth-order valence-electron chi connectivity index (χ4n) is 3.17. The van der Waals surface area contributed by atoms with Gasteiger partial charge in [-0.15, -0.1) is 0 Å². The van der Waals surface area contributed by atoms with Crippen molar-refractivity contribution < 1.29 is 9.90 Å². The number of carbonyl (C=O) groups is 1. The number of amides is 1. The van der Waals surface area contributed by atoms with E-state index in [4.69, 9.17) is 0 Å². The van der Waals surface area contributed by atoms with Gasteiger partial charge in [0.15, 0.2) is 0 Å². The van der Waals surface area contributed by atoms with E-state index in [1.165, 1.54) is 0 Å². The zero-order valence-electron chi connectivity index (χ0n) is 13.1. The summed E-state index contributed by atoms with van der Waals surface area (Å²) in [7, 11) is 0. The number of carbonyl (C=O) groups excluding carboxylic acids is 1. The minimum Gasteiger partial charge on any atom is -0.508 e. The van der Waals surface area contributed by atoms with E-state index in [-0.39, 0.29) is 17.6 Å². The van der Waals surface area contributed by atoms with Gasteiger partial charge < -0.3 is 10.0 Å². The fourth-order valence-corrected chi connectivity index (χ4v) is 3.17. The lowest BCUT2D eigenvalue weighted by Crippen LogP contribution is -2.37. The van der Waals surface area contributed by atoms with Gasteiger partial charge in [-0.25, -0.2) is 9.97 Å². The number of fused-ring (bicyclic) bond motifs is 1. The highest BCUT2D eigenvalue weighted by Gasteiger charge is 2.35. The molecule has 1 fully saturated rings. The molecule has 2 heterocycles. The molecule has 0 atom stereocenters. The van der Waals surface area contributed by atoms with Crippen LogP contribution in [0.3, 0.4) is 0 Å². The Kier molecular flexibility index (Phi) is 3.29. The third kappa shape index (κ3) is 2.67. The molecular weight excluding hydrogens is 290 g/mol. The average Bonchev–Trinajstić information content (AvgIpc) is 3.39. The number of benzene rings is 1. The van der Waals surface area contributed by atoms with Crippen molar-refractivity contribution >= 4 is 5.91 Å². The average molecular weight is 309 g/mol. The predicted octanol–water partition coefficient (Wildman–Crippen LogP) is 2.45. The van der Waals surface area contributed by atoms with E-state index in [1.54, 1.807) is 12.1 Å². The monoisotopic (exact) mass is 309 g/mol. The van der Waals surface area contributed by atoms with E-state index in [1.807, 2.05) is 24.0 Å². The lowest BCUT2D eigenvalue weighted by atomic mass is 9.98. The predicted molar refractivity (Wildman–Crippen MR) is 85.7 cm³/mol. The van der Waals surface area contributed by atoms with Gasteiger partial charge in [-0.3, -0.25) is 4.79 Å². The van der Waals surface area contributed by atoms with Gasteiger partial charge in [0.05, 0.1) is 11.4 Å². The molecule has 5 nitrogen and oxygen atoms in total. The van der Waals surface area contributed by atoms with Crippen LogP contribution in [0.1, 0.15) is 29.9 Å². The zero-order chi connectivity index (χ0) is 16.0. The quantitative estimate of drug-likeness (QED) is 0.925. The summed E-state index contributed by atoms with van der Waals surface area (Å²) in [4.78, 5) is 23.5. The molecule has 0 bridgehead atoms. The van der Waals surface area contributed by atoms with Gasteiger partial charge in [-0.2, -0.15) is 0 Å². The van der Waals surface area contributed by atoms with Gasteiger partial charge >= 0.3 is 0 Å². The van der Waals surface area contributed by atoms with Crippen LogP contribution in [-0.4, -0.2) is 32.4 Å². The second-order valence-corrected chi connectivity index (χ2v) is 6.38. The Morgan fingerprint density at radius 3 is 2.65 bits per heavy atom. The number of phenols is 1. The molecule has 1 amide bonds. The van der Waals surface area contributed by atoms with Crippen molar-refractivity contribution in [2.75, 3.05) is 6.54 Å². The third-order valence-corrected chi connectivity index (χ3v) is 4.55. The maximum atomic E-state index is 12.4.